The molecule has 0 heterocycles. The SMILES string of the molecule is CC1CC(C2(C)CCCCC(C)(S(F)(F)(F)(F)F)CC(C)(C)CCC2)C2CC2C1I. The lowest BCUT2D eigenvalue weighted by molar-refractivity contribution is 0.0765. The minimum Gasteiger partial charge on any atom is -0.0973 e. The molecule has 0 amide bonds. The molecule has 0 saturated heterocycles. The predicted molar refractivity (Wildman–Crippen MR) is 127 cm³/mol. The summed E-state index contributed by atoms with van der Waals surface area (Å²) in [5.74, 6) is 2.89. The van der Waals surface area contributed by atoms with E-state index in [4.69, 9.17) is 0 Å². The number of fused-ring (bicyclic) bond motifs is 1. The molecule has 3 aliphatic rings. The Labute approximate surface area is 193 Å². The summed E-state index contributed by atoms with van der Waals surface area (Å²) < 4.78 is 68.1. The highest BCUT2D eigenvalue weighted by molar-refractivity contribution is 14.1. The van der Waals surface area contributed by atoms with Gasteiger partial charge >= 0.3 is 0 Å². The predicted octanol–water partition coefficient (Wildman–Crippen LogP) is 10.3. The molecule has 0 aliphatic heterocycles. The zero-order valence-corrected chi connectivity index (χ0v) is 22.1. The van der Waals surface area contributed by atoms with Crippen molar-refractivity contribution >= 4 is 32.8 Å². The van der Waals surface area contributed by atoms with Gasteiger partial charge < -0.3 is 0 Å². The molecule has 3 saturated carbocycles. The lowest BCUT2D eigenvalue weighted by atomic mass is 9.62. The molecule has 7 heteroatoms. The van der Waals surface area contributed by atoms with Gasteiger partial charge in [-0.25, -0.2) is 0 Å². The Morgan fingerprint density at radius 1 is 0.767 bits per heavy atom. The molecule has 0 spiro atoms. The summed E-state index contributed by atoms with van der Waals surface area (Å²) in [7, 11) is -9.60. The van der Waals surface area contributed by atoms with E-state index >= 15 is 0 Å². The Morgan fingerprint density at radius 3 is 1.93 bits per heavy atom. The van der Waals surface area contributed by atoms with Gasteiger partial charge in [-0.2, -0.15) is 0 Å². The molecule has 0 bridgehead atoms. The zero-order valence-electron chi connectivity index (χ0n) is 19.1. The second-order valence-corrected chi connectivity index (χ2v) is 16.7. The first-order valence-electron chi connectivity index (χ1n) is 11.6. The first kappa shape index (κ1) is 25.4. The maximum atomic E-state index is 14.1. The first-order chi connectivity index (χ1) is 13.3. The molecule has 0 aromatic carbocycles. The lowest BCUT2D eigenvalue weighted by Gasteiger charge is -2.56. The van der Waals surface area contributed by atoms with Crippen molar-refractivity contribution in [1.82, 2.24) is 0 Å². The molecule has 0 aromatic rings. The number of hydrogen-bond acceptors (Lipinski definition) is 0. The maximum Gasteiger partial charge on any atom is 0.290 e. The summed E-state index contributed by atoms with van der Waals surface area (Å²) in [5, 5.41) is 0. The number of hydrogen-bond donors (Lipinski definition) is 0. The van der Waals surface area contributed by atoms with E-state index in [-0.39, 0.29) is 11.8 Å². The zero-order chi connectivity index (χ0) is 22.9. The molecule has 7 atom stereocenters. The highest BCUT2D eigenvalue weighted by atomic mass is 127. The molecular formula is C23H40F5IS. The largest absolute Gasteiger partial charge is 0.290 e. The van der Waals surface area contributed by atoms with Gasteiger partial charge in [0.15, 0.2) is 0 Å². The minimum absolute atomic E-state index is 0.121. The molecule has 0 radical (unpaired) electrons. The van der Waals surface area contributed by atoms with E-state index in [2.05, 4.69) is 36.4 Å². The standard InChI is InChI=1S/C23H40F5IS/c1-16-13-19(17-14-18(17)20(16)29)22(4)10-6-7-12-23(5,30(24,25,26,27)28)15-21(2,3)9-8-11-22/h16-20H,6-15H2,1-5H3. The van der Waals surface area contributed by atoms with Gasteiger partial charge in [-0.1, -0.05) is 89.0 Å². The molecule has 3 aliphatic carbocycles. The Morgan fingerprint density at radius 2 is 1.33 bits per heavy atom. The average molecular weight is 571 g/mol. The van der Waals surface area contributed by atoms with Crippen LogP contribution in [0.5, 0.6) is 0 Å². The monoisotopic (exact) mass is 570 g/mol. The van der Waals surface area contributed by atoms with Gasteiger partial charge in [-0.3, -0.25) is 0 Å². The van der Waals surface area contributed by atoms with Crippen LogP contribution in [-0.2, 0) is 0 Å². The second kappa shape index (κ2) is 7.11. The molecule has 7 unspecified atom stereocenters. The van der Waals surface area contributed by atoms with Crippen molar-refractivity contribution in [1.29, 1.82) is 0 Å². The van der Waals surface area contributed by atoms with Gasteiger partial charge in [0, 0.05) is 3.92 Å². The summed E-state index contributed by atoms with van der Waals surface area (Å²) in [6.07, 6.45) is 5.72. The molecule has 3 rings (SSSR count). The number of rotatable bonds is 2. The quantitative estimate of drug-likeness (QED) is 0.176. The van der Waals surface area contributed by atoms with Gasteiger partial charge in [0.1, 0.15) is 4.75 Å². The van der Waals surface area contributed by atoms with Crippen LogP contribution in [0.3, 0.4) is 0 Å². The van der Waals surface area contributed by atoms with E-state index < -0.39 is 33.2 Å². The molecule has 0 N–H and O–H groups in total. The van der Waals surface area contributed by atoms with Crippen LogP contribution in [0.15, 0.2) is 0 Å². The van der Waals surface area contributed by atoms with Crippen LogP contribution in [0, 0.1) is 34.5 Å². The fraction of sp³-hybridized carbons (Fsp3) is 1.00. The fourth-order valence-corrected chi connectivity index (χ4v) is 9.32. The molecular weight excluding hydrogens is 530 g/mol. The van der Waals surface area contributed by atoms with Crippen LogP contribution < -0.4 is 0 Å². The van der Waals surface area contributed by atoms with E-state index in [9.17, 15) is 19.4 Å². The van der Waals surface area contributed by atoms with E-state index in [0.717, 1.165) is 41.9 Å². The van der Waals surface area contributed by atoms with Crippen LogP contribution in [0.2, 0.25) is 0 Å². The molecule has 0 nitrogen and oxygen atoms in total. The summed E-state index contributed by atoms with van der Waals surface area (Å²) in [5.41, 5.74) is -0.624. The third-order valence-corrected chi connectivity index (χ3v) is 13.3. The van der Waals surface area contributed by atoms with Crippen LogP contribution in [0.25, 0.3) is 0 Å². The average Bonchev–Trinajstić information content (AvgIpc) is 3.32. The maximum absolute atomic E-state index is 14.1. The minimum atomic E-state index is -9.60. The van der Waals surface area contributed by atoms with Crippen molar-refractivity contribution in [3.8, 4) is 0 Å². The van der Waals surface area contributed by atoms with Gasteiger partial charge in [0.25, 0.3) is 10.2 Å². The summed E-state index contributed by atoms with van der Waals surface area (Å²) in [4.78, 5) is 0. The van der Waals surface area contributed by atoms with Crippen LogP contribution in [0.4, 0.5) is 19.4 Å². The lowest BCUT2D eigenvalue weighted by Crippen LogP contribution is -2.42. The molecule has 30 heavy (non-hydrogen) atoms. The Bertz CT molecular complexity index is 660. The van der Waals surface area contributed by atoms with Gasteiger partial charge in [-0.15, -0.1) is 0 Å². The first-order valence-corrected chi connectivity index (χ1v) is 14.8. The van der Waals surface area contributed by atoms with Gasteiger partial charge in [-0.05, 0) is 86.4 Å². The fourth-order valence-electron chi connectivity index (χ4n) is 7.01. The Kier molecular flexibility index (Phi) is 6.01. The van der Waals surface area contributed by atoms with E-state index in [1.165, 1.54) is 12.8 Å². The van der Waals surface area contributed by atoms with Crippen LogP contribution >= 0.6 is 32.8 Å². The third-order valence-electron chi connectivity index (χ3n) is 8.97. The van der Waals surface area contributed by atoms with Crippen LogP contribution in [0.1, 0.15) is 98.8 Å². The summed E-state index contributed by atoms with van der Waals surface area (Å²) in [6.45, 7) is 9.00. The third kappa shape index (κ3) is 4.96. The van der Waals surface area contributed by atoms with Crippen molar-refractivity contribution in [2.45, 2.75) is 107 Å². The number of alkyl halides is 1. The van der Waals surface area contributed by atoms with Crippen molar-refractivity contribution in [2.75, 3.05) is 0 Å². The Hall–Kier alpha value is 0.730. The van der Waals surface area contributed by atoms with Gasteiger partial charge in [0.2, 0.25) is 0 Å². The van der Waals surface area contributed by atoms with Crippen molar-refractivity contribution in [2.24, 2.45) is 34.5 Å². The smallest absolute Gasteiger partial charge is 0.0973 e. The Balaban J connectivity index is 1.82. The topological polar surface area (TPSA) is 0 Å². The van der Waals surface area contributed by atoms with Crippen molar-refractivity contribution < 1.29 is 19.4 Å². The van der Waals surface area contributed by atoms with E-state index in [0.29, 0.717) is 24.7 Å². The number of halogens is 6. The van der Waals surface area contributed by atoms with Crippen molar-refractivity contribution in [3.05, 3.63) is 0 Å². The molecule has 0 aromatic heterocycles. The van der Waals surface area contributed by atoms with E-state index in [1.807, 2.05) is 0 Å². The summed E-state index contributed by atoms with van der Waals surface area (Å²) in [6, 6.07) is 0. The molecule has 3 fully saturated rings. The molecule has 180 valence electrons. The highest BCUT2D eigenvalue weighted by Crippen LogP contribution is 3.04. The van der Waals surface area contributed by atoms with Gasteiger partial charge in [0.05, 0.1) is 0 Å². The van der Waals surface area contributed by atoms with E-state index in [1.54, 1.807) is 13.8 Å². The van der Waals surface area contributed by atoms with Crippen molar-refractivity contribution in [3.63, 3.8) is 0 Å². The second-order valence-electron chi connectivity index (χ2n) is 12.3. The van der Waals surface area contributed by atoms with Crippen LogP contribution in [-0.4, -0.2) is 8.67 Å². The highest BCUT2D eigenvalue weighted by Gasteiger charge is 2.76. The normalized spacial score (nSPS) is 47.9. The summed E-state index contributed by atoms with van der Waals surface area (Å²) >= 11 is 2.61.